The van der Waals surface area contributed by atoms with Crippen LogP contribution in [0, 0.1) is 5.92 Å². The molecule has 0 aromatic heterocycles. The second kappa shape index (κ2) is 5.00. The van der Waals surface area contributed by atoms with Crippen LogP contribution in [0.4, 0.5) is 5.69 Å². The highest BCUT2D eigenvalue weighted by Crippen LogP contribution is 2.38. The van der Waals surface area contributed by atoms with E-state index in [0.29, 0.717) is 5.92 Å². The standard InChI is InChI=1S/C15H16N2O3/c1-20-15(19)12-9-17(11-5-3-2-4-6-11)13(10-7-8-10)14(18)16-12/h2-6,9-10,13H,7-8H2,1H3,(H,16,18). The van der Waals surface area contributed by atoms with Crippen LogP contribution >= 0.6 is 0 Å². The maximum Gasteiger partial charge on any atom is 0.356 e. The van der Waals surface area contributed by atoms with Crippen LogP contribution in [0.1, 0.15) is 12.8 Å². The molecule has 2 aliphatic rings. The summed E-state index contributed by atoms with van der Waals surface area (Å²) in [5.74, 6) is -0.321. The maximum absolute atomic E-state index is 12.3. The van der Waals surface area contributed by atoms with E-state index in [0.717, 1.165) is 18.5 Å². The Morgan fingerprint density at radius 1 is 1.30 bits per heavy atom. The van der Waals surface area contributed by atoms with Gasteiger partial charge in [0.1, 0.15) is 11.7 Å². The van der Waals surface area contributed by atoms with Crippen LogP contribution < -0.4 is 10.2 Å². The summed E-state index contributed by atoms with van der Waals surface area (Å²) in [6.45, 7) is 0. The lowest BCUT2D eigenvalue weighted by atomic mass is 10.1. The third-order valence-corrected chi connectivity index (χ3v) is 3.62. The van der Waals surface area contributed by atoms with Gasteiger partial charge in [0, 0.05) is 11.9 Å². The summed E-state index contributed by atoms with van der Waals surface area (Å²) in [6, 6.07) is 9.36. The number of ether oxygens (including phenoxy) is 1. The molecule has 5 heteroatoms. The molecule has 104 valence electrons. The summed E-state index contributed by atoms with van der Waals surface area (Å²) < 4.78 is 4.68. The Bertz CT molecular complexity index is 564. The second-order valence-electron chi connectivity index (χ2n) is 5.05. The van der Waals surface area contributed by atoms with Crippen molar-refractivity contribution in [3.8, 4) is 0 Å². The van der Waals surface area contributed by atoms with Crippen LogP contribution in [-0.4, -0.2) is 25.0 Å². The lowest BCUT2D eigenvalue weighted by Crippen LogP contribution is -2.51. The predicted molar refractivity (Wildman–Crippen MR) is 73.7 cm³/mol. The van der Waals surface area contributed by atoms with Gasteiger partial charge in [0.05, 0.1) is 7.11 Å². The van der Waals surface area contributed by atoms with Gasteiger partial charge in [0.2, 0.25) is 5.91 Å². The summed E-state index contributed by atoms with van der Waals surface area (Å²) in [7, 11) is 1.30. The SMILES string of the molecule is COC(=O)C1=CN(c2ccccc2)C(C2CC2)C(=O)N1. The van der Waals surface area contributed by atoms with E-state index >= 15 is 0 Å². The lowest BCUT2D eigenvalue weighted by molar-refractivity contribution is -0.138. The van der Waals surface area contributed by atoms with Crippen molar-refractivity contribution in [3.05, 3.63) is 42.2 Å². The highest BCUT2D eigenvalue weighted by molar-refractivity contribution is 5.99. The molecule has 1 saturated carbocycles. The van der Waals surface area contributed by atoms with E-state index in [1.165, 1.54) is 7.11 Å². The van der Waals surface area contributed by atoms with Crippen molar-refractivity contribution in [3.63, 3.8) is 0 Å². The third kappa shape index (κ3) is 2.27. The highest BCUT2D eigenvalue weighted by Gasteiger charge is 2.43. The molecule has 0 spiro atoms. The molecule has 20 heavy (non-hydrogen) atoms. The van der Waals surface area contributed by atoms with Crippen molar-refractivity contribution < 1.29 is 14.3 Å². The molecular weight excluding hydrogens is 256 g/mol. The largest absolute Gasteiger partial charge is 0.464 e. The summed E-state index contributed by atoms with van der Waals surface area (Å²) in [6.07, 6.45) is 3.76. The summed E-state index contributed by atoms with van der Waals surface area (Å²) >= 11 is 0. The molecule has 1 fully saturated rings. The Labute approximate surface area is 117 Å². The molecule has 1 amide bonds. The van der Waals surface area contributed by atoms with E-state index in [-0.39, 0.29) is 17.6 Å². The van der Waals surface area contributed by atoms with Gasteiger partial charge < -0.3 is 15.0 Å². The first-order chi connectivity index (χ1) is 9.70. The third-order valence-electron chi connectivity index (χ3n) is 3.62. The van der Waals surface area contributed by atoms with Crippen molar-refractivity contribution >= 4 is 17.6 Å². The Hall–Kier alpha value is -2.30. The van der Waals surface area contributed by atoms with Crippen molar-refractivity contribution in [2.24, 2.45) is 5.92 Å². The van der Waals surface area contributed by atoms with Gasteiger partial charge in [-0.15, -0.1) is 0 Å². The van der Waals surface area contributed by atoms with Gasteiger partial charge in [-0.2, -0.15) is 0 Å². The van der Waals surface area contributed by atoms with Gasteiger partial charge in [0.25, 0.3) is 0 Å². The van der Waals surface area contributed by atoms with Gasteiger partial charge in [-0.3, -0.25) is 4.79 Å². The van der Waals surface area contributed by atoms with E-state index in [1.54, 1.807) is 6.20 Å². The molecule has 1 aliphatic heterocycles. The molecular formula is C15H16N2O3. The van der Waals surface area contributed by atoms with Crippen molar-refractivity contribution in [2.45, 2.75) is 18.9 Å². The Balaban J connectivity index is 1.99. The predicted octanol–water partition coefficient (Wildman–Crippen LogP) is 1.42. The topological polar surface area (TPSA) is 58.6 Å². The van der Waals surface area contributed by atoms with E-state index in [2.05, 4.69) is 10.1 Å². The molecule has 0 bridgehead atoms. The van der Waals surface area contributed by atoms with E-state index < -0.39 is 5.97 Å². The number of amides is 1. The van der Waals surface area contributed by atoms with Gasteiger partial charge >= 0.3 is 5.97 Å². The second-order valence-corrected chi connectivity index (χ2v) is 5.05. The zero-order valence-corrected chi connectivity index (χ0v) is 11.2. The molecule has 1 aromatic rings. The quantitative estimate of drug-likeness (QED) is 0.845. The minimum Gasteiger partial charge on any atom is -0.464 e. The molecule has 1 atom stereocenters. The molecule has 1 aromatic carbocycles. The molecule has 1 unspecified atom stereocenters. The molecule has 5 nitrogen and oxygen atoms in total. The molecule has 3 rings (SSSR count). The number of carbonyl (C=O) groups is 2. The van der Waals surface area contributed by atoms with Crippen LogP contribution in [0.2, 0.25) is 0 Å². The number of esters is 1. The van der Waals surface area contributed by atoms with Crippen LogP contribution in [0.25, 0.3) is 0 Å². The first kappa shape index (κ1) is 12.7. The Morgan fingerprint density at radius 2 is 2.00 bits per heavy atom. The van der Waals surface area contributed by atoms with E-state index in [4.69, 9.17) is 0 Å². The number of carbonyl (C=O) groups excluding carboxylic acids is 2. The zero-order valence-electron chi connectivity index (χ0n) is 11.2. The molecule has 1 heterocycles. The highest BCUT2D eigenvalue weighted by atomic mass is 16.5. The monoisotopic (exact) mass is 272 g/mol. The van der Waals surface area contributed by atoms with E-state index in [9.17, 15) is 9.59 Å². The average molecular weight is 272 g/mol. The molecule has 0 radical (unpaired) electrons. The lowest BCUT2D eigenvalue weighted by Gasteiger charge is -2.34. The maximum atomic E-state index is 12.3. The number of benzene rings is 1. The van der Waals surface area contributed by atoms with Gasteiger partial charge in [0.15, 0.2) is 0 Å². The Morgan fingerprint density at radius 3 is 2.60 bits per heavy atom. The van der Waals surface area contributed by atoms with Crippen LogP contribution in [0.5, 0.6) is 0 Å². The van der Waals surface area contributed by atoms with Gasteiger partial charge in [-0.25, -0.2) is 4.79 Å². The number of hydrogen-bond acceptors (Lipinski definition) is 4. The molecule has 0 saturated heterocycles. The Kier molecular flexibility index (Phi) is 3.18. The van der Waals surface area contributed by atoms with Crippen LogP contribution in [0.15, 0.2) is 42.2 Å². The number of para-hydroxylation sites is 1. The fourth-order valence-corrected chi connectivity index (χ4v) is 2.49. The number of hydrogen-bond donors (Lipinski definition) is 1. The number of methoxy groups -OCH3 is 1. The summed E-state index contributed by atoms with van der Waals surface area (Å²) in [4.78, 5) is 25.8. The average Bonchev–Trinajstić information content (AvgIpc) is 3.31. The van der Waals surface area contributed by atoms with Crippen molar-refractivity contribution in [2.75, 3.05) is 12.0 Å². The molecule has 1 aliphatic carbocycles. The number of anilines is 1. The smallest absolute Gasteiger partial charge is 0.356 e. The van der Waals surface area contributed by atoms with Crippen LogP contribution in [-0.2, 0) is 14.3 Å². The summed E-state index contributed by atoms with van der Waals surface area (Å²) in [5.41, 5.74) is 1.08. The normalized spacial score (nSPS) is 22.1. The fourth-order valence-electron chi connectivity index (χ4n) is 2.49. The summed E-state index contributed by atoms with van der Waals surface area (Å²) in [5, 5.41) is 2.64. The molecule has 1 N–H and O–H groups in total. The number of nitrogens with one attached hydrogen (secondary N) is 1. The van der Waals surface area contributed by atoms with E-state index in [1.807, 2.05) is 35.2 Å². The minimum absolute atomic E-state index is 0.140. The fraction of sp³-hybridized carbons (Fsp3) is 0.333. The zero-order chi connectivity index (χ0) is 14.1. The number of rotatable bonds is 3. The minimum atomic E-state index is -0.534. The first-order valence-corrected chi connectivity index (χ1v) is 6.65. The van der Waals surface area contributed by atoms with Gasteiger partial charge in [-0.05, 0) is 30.9 Å². The first-order valence-electron chi connectivity index (χ1n) is 6.65. The van der Waals surface area contributed by atoms with Crippen molar-refractivity contribution in [1.82, 2.24) is 5.32 Å². The van der Waals surface area contributed by atoms with Crippen molar-refractivity contribution in [1.29, 1.82) is 0 Å². The van der Waals surface area contributed by atoms with Crippen LogP contribution in [0.3, 0.4) is 0 Å². The van der Waals surface area contributed by atoms with Gasteiger partial charge in [-0.1, -0.05) is 18.2 Å². The number of nitrogens with zero attached hydrogens (tertiary/aromatic N) is 1.